The highest BCUT2D eigenvalue weighted by Crippen LogP contribution is 2.28. The topological polar surface area (TPSA) is 49.9 Å². The van der Waals surface area contributed by atoms with Crippen molar-refractivity contribution < 1.29 is 18.7 Å². The molecule has 0 unspecified atom stereocenters. The summed E-state index contributed by atoms with van der Waals surface area (Å²) in [5, 5.41) is 0. The predicted molar refractivity (Wildman–Crippen MR) is 87.2 cm³/mol. The summed E-state index contributed by atoms with van der Waals surface area (Å²) in [7, 11) is 1.41. The van der Waals surface area contributed by atoms with Crippen LogP contribution in [0.5, 0.6) is 5.75 Å². The van der Waals surface area contributed by atoms with Crippen molar-refractivity contribution in [2.75, 3.05) is 33.3 Å². The molecule has 1 aromatic carbocycles. The summed E-state index contributed by atoms with van der Waals surface area (Å²) in [5.74, 6) is 0.128. The third kappa shape index (κ3) is 3.52. The molecular formula is C18H23FN2O3. The number of carbonyl (C=O) groups excluding carboxylic acids is 2. The first-order valence-corrected chi connectivity index (χ1v) is 8.47. The number of ether oxygens (including phenoxy) is 1. The monoisotopic (exact) mass is 334 g/mol. The van der Waals surface area contributed by atoms with Crippen molar-refractivity contribution in [2.24, 2.45) is 5.92 Å². The second-order valence-electron chi connectivity index (χ2n) is 6.48. The fourth-order valence-electron chi connectivity index (χ4n) is 3.20. The van der Waals surface area contributed by atoms with E-state index in [2.05, 4.69) is 0 Å². The Bertz CT molecular complexity index is 623. The summed E-state index contributed by atoms with van der Waals surface area (Å²) in [5.41, 5.74) is 0.631. The maximum absolute atomic E-state index is 13.7. The Labute approximate surface area is 141 Å². The molecule has 0 aromatic heterocycles. The van der Waals surface area contributed by atoms with E-state index in [1.807, 2.05) is 4.90 Å². The molecule has 1 aliphatic carbocycles. The van der Waals surface area contributed by atoms with Gasteiger partial charge in [-0.25, -0.2) is 4.39 Å². The summed E-state index contributed by atoms with van der Waals surface area (Å²) in [6.45, 7) is 2.29. The zero-order valence-corrected chi connectivity index (χ0v) is 14.0. The standard InChI is InChI=1S/C18H23FN2O3/c1-24-16-6-5-13(11-15(16)19)12-17(22)20-7-9-21(10-8-20)18(23)14-3-2-4-14/h5-6,11,14H,2-4,7-10,12H2,1H3. The molecule has 1 aliphatic heterocycles. The van der Waals surface area contributed by atoms with Gasteiger partial charge in [0.2, 0.25) is 11.8 Å². The predicted octanol–water partition coefficient (Wildman–Crippen LogP) is 1.85. The van der Waals surface area contributed by atoms with Crippen LogP contribution < -0.4 is 4.74 Å². The Hall–Kier alpha value is -2.11. The number of methoxy groups -OCH3 is 1. The van der Waals surface area contributed by atoms with Crippen molar-refractivity contribution >= 4 is 11.8 Å². The number of hydrogen-bond donors (Lipinski definition) is 0. The highest BCUT2D eigenvalue weighted by Gasteiger charge is 2.31. The summed E-state index contributed by atoms with van der Waals surface area (Å²) >= 11 is 0. The molecule has 0 radical (unpaired) electrons. The molecule has 0 spiro atoms. The Morgan fingerprint density at radius 1 is 1.17 bits per heavy atom. The van der Waals surface area contributed by atoms with Crippen LogP contribution in [-0.2, 0) is 16.0 Å². The number of amides is 2. The molecule has 2 fully saturated rings. The van der Waals surface area contributed by atoms with Crippen LogP contribution in [0.4, 0.5) is 4.39 Å². The van der Waals surface area contributed by atoms with Crippen LogP contribution in [0, 0.1) is 11.7 Å². The van der Waals surface area contributed by atoms with E-state index in [1.165, 1.54) is 19.2 Å². The lowest BCUT2D eigenvalue weighted by atomic mass is 9.84. The first-order valence-electron chi connectivity index (χ1n) is 8.47. The van der Waals surface area contributed by atoms with Crippen LogP contribution in [-0.4, -0.2) is 54.9 Å². The summed E-state index contributed by atoms with van der Waals surface area (Å²) in [6, 6.07) is 4.58. The van der Waals surface area contributed by atoms with Gasteiger partial charge < -0.3 is 14.5 Å². The van der Waals surface area contributed by atoms with E-state index >= 15 is 0 Å². The average Bonchev–Trinajstić information content (AvgIpc) is 2.53. The van der Waals surface area contributed by atoms with Crippen molar-refractivity contribution in [1.82, 2.24) is 9.80 Å². The van der Waals surface area contributed by atoms with Crippen LogP contribution in [0.15, 0.2) is 18.2 Å². The molecule has 1 saturated carbocycles. The molecule has 6 heteroatoms. The Balaban J connectivity index is 1.51. The number of rotatable bonds is 4. The van der Waals surface area contributed by atoms with E-state index in [1.54, 1.807) is 11.0 Å². The number of hydrogen-bond acceptors (Lipinski definition) is 3. The molecule has 24 heavy (non-hydrogen) atoms. The van der Waals surface area contributed by atoms with E-state index in [0.29, 0.717) is 31.7 Å². The lowest BCUT2D eigenvalue weighted by molar-refractivity contribution is -0.143. The highest BCUT2D eigenvalue weighted by atomic mass is 19.1. The van der Waals surface area contributed by atoms with Gasteiger partial charge in [-0.3, -0.25) is 9.59 Å². The van der Waals surface area contributed by atoms with Crippen molar-refractivity contribution in [3.05, 3.63) is 29.6 Å². The Morgan fingerprint density at radius 3 is 2.38 bits per heavy atom. The molecule has 0 atom stereocenters. The van der Waals surface area contributed by atoms with Crippen LogP contribution in [0.1, 0.15) is 24.8 Å². The van der Waals surface area contributed by atoms with Crippen molar-refractivity contribution in [3.63, 3.8) is 0 Å². The van der Waals surface area contributed by atoms with Gasteiger partial charge in [-0.2, -0.15) is 0 Å². The third-order valence-electron chi connectivity index (χ3n) is 4.97. The van der Waals surface area contributed by atoms with Crippen LogP contribution >= 0.6 is 0 Å². The first kappa shape index (κ1) is 16.7. The van der Waals surface area contributed by atoms with Crippen LogP contribution in [0.3, 0.4) is 0 Å². The van der Waals surface area contributed by atoms with Crippen LogP contribution in [0.2, 0.25) is 0 Å². The molecule has 3 rings (SSSR count). The minimum absolute atomic E-state index is 0.0321. The van der Waals surface area contributed by atoms with E-state index in [-0.39, 0.29) is 29.9 Å². The van der Waals surface area contributed by atoms with Gasteiger partial charge in [0.05, 0.1) is 13.5 Å². The number of carbonyl (C=O) groups is 2. The van der Waals surface area contributed by atoms with Gasteiger partial charge in [-0.1, -0.05) is 12.5 Å². The largest absolute Gasteiger partial charge is 0.494 e. The molecule has 0 N–H and O–H groups in total. The summed E-state index contributed by atoms with van der Waals surface area (Å²) in [4.78, 5) is 28.2. The van der Waals surface area contributed by atoms with E-state index in [0.717, 1.165) is 19.3 Å². The third-order valence-corrected chi connectivity index (χ3v) is 4.97. The average molecular weight is 334 g/mol. The quantitative estimate of drug-likeness (QED) is 0.844. The van der Waals surface area contributed by atoms with E-state index in [4.69, 9.17) is 4.74 Å². The van der Waals surface area contributed by atoms with Gasteiger partial charge in [-0.05, 0) is 30.5 Å². The Morgan fingerprint density at radius 2 is 1.83 bits per heavy atom. The summed E-state index contributed by atoms with van der Waals surface area (Å²) < 4.78 is 18.6. The van der Waals surface area contributed by atoms with Gasteiger partial charge in [0, 0.05) is 32.1 Å². The van der Waals surface area contributed by atoms with E-state index < -0.39 is 5.82 Å². The lowest BCUT2D eigenvalue weighted by Crippen LogP contribution is -2.52. The van der Waals surface area contributed by atoms with E-state index in [9.17, 15) is 14.0 Å². The lowest BCUT2D eigenvalue weighted by Gasteiger charge is -2.38. The van der Waals surface area contributed by atoms with Gasteiger partial charge in [0.1, 0.15) is 0 Å². The van der Waals surface area contributed by atoms with Crippen molar-refractivity contribution in [1.29, 1.82) is 0 Å². The molecule has 0 bridgehead atoms. The molecule has 2 aliphatic rings. The smallest absolute Gasteiger partial charge is 0.227 e. The molecule has 1 heterocycles. The zero-order valence-electron chi connectivity index (χ0n) is 14.0. The molecule has 1 saturated heterocycles. The van der Waals surface area contributed by atoms with Gasteiger partial charge in [-0.15, -0.1) is 0 Å². The summed E-state index contributed by atoms with van der Waals surface area (Å²) in [6.07, 6.45) is 3.31. The number of piperazine rings is 1. The minimum atomic E-state index is -0.460. The molecule has 2 amide bonds. The SMILES string of the molecule is COc1ccc(CC(=O)N2CCN(C(=O)C3CCC3)CC2)cc1F. The Kier molecular flexibility index (Phi) is 5.02. The fourth-order valence-corrected chi connectivity index (χ4v) is 3.20. The number of benzene rings is 1. The maximum Gasteiger partial charge on any atom is 0.227 e. The maximum atomic E-state index is 13.7. The molecular weight excluding hydrogens is 311 g/mol. The van der Waals surface area contributed by atoms with Crippen molar-refractivity contribution in [3.8, 4) is 5.75 Å². The highest BCUT2D eigenvalue weighted by molar-refractivity contribution is 5.81. The van der Waals surface area contributed by atoms with Gasteiger partial charge >= 0.3 is 0 Å². The van der Waals surface area contributed by atoms with Gasteiger partial charge in [0.25, 0.3) is 0 Å². The first-order chi connectivity index (χ1) is 11.6. The second-order valence-corrected chi connectivity index (χ2v) is 6.48. The number of halogens is 1. The normalized spacial score (nSPS) is 18.2. The molecule has 1 aromatic rings. The van der Waals surface area contributed by atoms with Crippen LogP contribution in [0.25, 0.3) is 0 Å². The van der Waals surface area contributed by atoms with Gasteiger partial charge in [0.15, 0.2) is 11.6 Å². The van der Waals surface area contributed by atoms with Crippen molar-refractivity contribution in [2.45, 2.75) is 25.7 Å². The number of nitrogens with zero attached hydrogens (tertiary/aromatic N) is 2. The second kappa shape index (κ2) is 7.20. The fraction of sp³-hybridized carbons (Fsp3) is 0.556. The molecule has 5 nitrogen and oxygen atoms in total. The molecule has 130 valence electrons. The zero-order chi connectivity index (χ0) is 17.1. The minimum Gasteiger partial charge on any atom is -0.494 e.